The molecule has 1 aliphatic carbocycles. The fourth-order valence-corrected chi connectivity index (χ4v) is 2.97. The lowest BCUT2D eigenvalue weighted by molar-refractivity contribution is -0.137. The van der Waals surface area contributed by atoms with Crippen molar-refractivity contribution in [2.75, 3.05) is 0 Å². The van der Waals surface area contributed by atoms with Crippen molar-refractivity contribution in [1.82, 2.24) is 0 Å². The molecular weight excluding hydrogens is 251 g/mol. The van der Waals surface area contributed by atoms with Crippen LogP contribution >= 0.6 is 0 Å². The smallest absolute Gasteiger partial charge is 0.324 e. The van der Waals surface area contributed by atoms with E-state index in [1.165, 1.54) is 25.0 Å². The maximum atomic E-state index is 12.5. The van der Waals surface area contributed by atoms with Crippen LogP contribution in [0.25, 0.3) is 0 Å². The summed E-state index contributed by atoms with van der Waals surface area (Å²) < 4.78 is 37.5. The van der Waals surface area contributed by atoms with Crippen LogP contribution in [0.5, 0.6) is 0 Å². The monoisotopic (exact) mass is 271 g/mol. The van der Waals surface area contributed by atoms with E-state index >= 15 is 0 Å². The second-order valence-corrected chi connectivity index (χ2v) is 5.68. The fourth-order valence-electron chi connectivity index (χ4n) is 2.97. The van der Waals surface area contributed by atoms with E-state index in [1.54, 1.807) is 0 Å². The quantitative estimate of drug-likeness (QED) is 0.840. The van der Waals surface area contributed by atoms with Gasteiger partial charge in [0.15, 0.2) is 0 Å². The van der Waals surface area contributed by atoms with Crippen LogP contribution < -0.4 is 5.73 Å². The first kappa shape index (κ1) is 14.4. The second kappa shape index (κ2) is 5.53. The van der Waals surface area contributed by atoms with Gasteiger partial charge in [0.05, 0.1) is 5.56 Å². The van der Waals surface area contributed by atoms with E-state index in [4.69, 9.17) is 5.73 Å². The van der Waals surface area contributed by atoms with Gasteiger partial charge in [0.2, 0.25) is 0 Å². The van der Waals surface area contributed by atoms with Crippen molar-refractivity contribution >= 4 is 0 Å². The van der Waals surface area contributed by atoms with E-state index in [0.29, 0.717) is 11.8 Å². The standard InChI is InChI=1S/C15H20F3N/c1-10-3-2-4-12(9-10)14(19)11-5-7-13(8-6-11)15(16,17)18/h5-8,10,12,14H,2-4,9,19H2,1H3. The van der Waals surface area contributed by atoms with E-state index in [0.717, 1.165) is 30.5 Å². The Labute approximate surface area is 112 Å². The van der Waals surface area contributed by atoms with E-state index < -0.39 is 11.7 Å². The van der Waals surface area contributed by atoms with Crippen LogP contribution in [-0.4, -0.2) is 0 Å². The predicted octanol–water partition coefficient (Wildman–Crippen LogP) is 4.53. The molecule has 0 aromatic heterocycles. The van der Waals surface area contributed by atoms with E-state index in [1.807, 2.05) is 0 Å². The Morgan fingerprint density at radius 2 is 1.79 bits per heavy atom. The molecule has 0 radical (unpaired) electrons. The molecule has 0 spiro atoms. The lowest BCUT2D eigenvalue weighted by Crippen LogP contribution is -2.26. The zero-order valence-corrected chi connectivity index (χ0v) is 11.1. The third kappa shape index (κ3) is 3.50. The summed E-state index contributed by atoms with van der Waals surface area (Å²) in [6, 6.07) is 5.15. The van der Waals surface area contributed by atoms with Crippen molar-refractivity contribution in [1.29, 1.82) is 0 Å². The molecule has 1 fully saturated rings. The van der Waals surface area contributed by atoms with Crippen LogP contribution in [-0.2, 0) is 6.18 Å². The third-order valence-electron chi connectivity index (χ3n) is 4.11. The molecule has 19 heavy (non-hydrogen) atoms. The summed E-state index contributed by atoms with van der Waals surface area (Å²) in [5.41, 5.74) is 6.41. The summed E-state index contributed by atoms with van der Waals surface area (Å²) >= 11 is 0. The van der Waals surface area contributed by atoms with Crippen molar-refractivity contribution in [2.24, 2.45) is 17.6 Å². The van der Waals surface area contributed by atoms with Crippen molar-refractivity contribution in [3.05, 3.63) is 35.4 Å². The summed E-state index contributed by atoms with van der Waals surface area (Å²) in [6.45, 7) is 2.21. The minimum Gasteiger partial charge on any atom is -0.324 e. The Hall–Kier alpha value is -1.03. The Bertz CT molecular complexity index is 410. The third-order valence-corrected chi connectivity index (χ3v) is 4.11. The van der Waals surface area contributed by atoms with Crippen molar-refractivity contribution in [3.8, 4) is 0 Å². The average molecular weight is 271 g/mol. The van der Waals surface area contributed by atoms with Crippen LogP contribution in [0.15, 0.2) is 24.3 Å². The molecule has 1 aromatic rings. The Balaban J connectivity index is 2.09. The highest BCUT2D eigenvalue weighted by atomic mass is 19.4. The van der Waals surface area contributed by atoms with Crippen molar-refractivity contribution < 1.29 is 13.2 Å². The van der Waals surface area contributed by atoms with Gasteiger partial charge in [-0.3, -0.25) is 0 Å². The van der Waals surface area contributed by atoms with Crippen molar-refractivity contribution in [3.63, 3.8) is 0 Å². The maximum absolute atomic E-state index is 12.5. The Kier molecular flexibility index (Phi) is 4.19. The molecular formula is C15H20F3N. The number of nitrogens with two attached hydrogens (primary N) is 1. The van der Waals surface area contributed by atoms with Gasteiger partial charge in [-0.25, -0.2) is 0 Å². The number of benzene rings is 1. The van der Waals surface area contributed by atoms with E-state index in [2.05, 4.69) is 6.92 Å². The molecule has 1 saturated carbocycles. The molecule has 4 heteroatoms. The van der Waals surface area contributed by atoms with Gasteiger partial charge in [0.1, 0.15) is 0 Å². The highest BCUT2D eigenvalue weighted by molar-refractivity contribution is 5.27. The first-order chi connectivity index (χ1) is 8.88. The number of alkyl halides is 3. The number of hydrogen-bond donors (Lipinski definition) is 1. The van der Waals surface area contributed by atoms with Gasteiger partial charge in [0.25, 0.3) is 0 Å². The van der Waals surface area contributed by atoms with Gasteiger partial charge >= 0.3 is 6.18 Å². The zero-order chi connectivity index (χ0) is 14.0. The van der Waals surface area contributed by atoms with Crippen LogP contribution in [0.4, 0.5) is 13.2 Å². The molecule has 3 atom stereocenters. The second-order valence-electron chi connectivity index (χ2n) is 5.68. The van der Waals surface area contributed by atoms with Gasteiger partial charge in [-0.2, -0.15) is 13.2 Å². The van der Waals surface area contributed by atoms with Crippen LogP contribution in [0.3, 0.4) is 0 Å². The average Bonchev–Trinajstić information content (AvgIpc) is 2.37. The summed E-state index contributed by atoms with van der Waals surface area (Å²) in [7, 11) is 0. The molecule has 0 heterocycles. The predicted molar refractivity (Wildman–Crippen MR) is 69.5 cm³/mol. The lowest BCUT2D eigenvalue weighted by atomic mass is 9.77. The van der Waals surface area contributed by atoms with E-state index in [9.17, 15) is 13.2 Å². The minimum absolute atomic E-state index is 0.148. The molecule has 106 valence electrons. The SMILES string of the molecule is CC1CCCC(C(N)c2ccc(C(F)(F)F)cc2)C1. The molecule has 0 amide bonds. The molecule has 2 rings (SSSR count). The Morgan fingerprint density at radius 3 is 2.32 bits per heavy atom. The highest BCUT2D eigenvalue weighted by Crippen LogP contribution is 2.36. The number of hydrogen-bond acceptors (Lipinski definition) is 1. The molecule has 2 N–H and O–H groups in total. The summed E-state index contributed by atoms with van der Waals surface area (Å²) in [5.74, 6) is 1.06. The first-order valence-corrected chi connectivity index (χ1v) is 6.80. The normalized spacial score (nSPS) is 26.2. The zero-order valence-electron chi connectivity index (χ0n) is 11.1. The molecule has 3 unspecified atom stereocenters. The summed E-state index contributed by atoms with van der Waals surface area (Å²) in [5, 5.41) is 0. The lowest BCUT2D eigenvalue weighted by Gasteiger charge is -2.31. The van der Waals surface area contributed by atoms with Gasteiger partial charge in [-0.1, -0.05) is 31.9 Å². The van der Waals surface area contributed by atoms with Gasteiger partial charge in [-0.15, -0.1) is 0 Å². The fraction of sp³-hybridized carbons (Fsp3) is 0.600. The van der Waals surface area contributed by atoms with Gasteiger partial charge in [0, 0.05) is 6.04 Å². The first-order valence-electron chi connectivity index (χ1n) is 6.80. The molecule has 1 nitrogen and oxygen atoms in total. The van der Waals surface area contributed by atoms with Crippen LogP contribution in [0.1, 0.15) is 49.8 Å². The van der Waals surface area contributed by atoms with Crippen LogP contribution in [0, 0.1) is 11.8 Å². The molecule has 0 aliphatic heterocycles. The molecule has 1 aromatic carbocycles. The highest BCUT2D eigenvalue weighted by Gasteiger charge is 2.31. The topological polar surface area (TPSA) is 26.0 Å². The summed E-state index contributed by atoms with van der Waals surface area (Å²) in [6.07, 6.45) is 0.271. The largest absolute Gasteiger partial charge is 0.416 e. The number of halogens is 3. The number of rotatable bonds is 2. The van der Waals surface area contributed by atoms with Gasteiger partial charge in [-0.05, 0) is 42.4 Å². The van der Waals surface area contributed by atoms with Crippen LogP contribution in [0.2, 0.25) is 0 Å². The molecule has 0 saturated heterocycles. The molecule has 1 aliphatic rings. The van der Waals surface area contributed by atoms with E-state index in [-0.39, 0.29) is 6.04 Å². The Morgan fingerprint density at radius 1 is 1.16 bits per heavy atom. The maximum Gasteiger partial charge on any atom is 0.416 e. The van der Waals surface area contributed by atoms with Crippen molar-refractivity contribution in [2.45, 2.75) is 44.8 Å². The summed E-state index contributed by atoms with van der Waals surface area (Å²) in [4.78, 5) is 0. The minimum atomic E-state index is -4.28. The molecule has 0 bridgehead atoms. The van der Waals surface area contributed by atoms with Gasteiger partial charge < -0.3 is 5.73 Å².